The fraction of sp³-hybridized carbons (Fsp3) is 0.500. The molecule has 0 aliphatic carbocycles. The normalized spacial score (nSPS) is 10.2. The molecular weight excluding hydrogens is 262 g/mol. The fourth-order valence-electron chi connectivity index (χ4n) is 2.18. The zero-order chi connectivity index (χ0) is 15.4. The summed E-state index contributed by atoms with van der Waals surface area (Å²) in [5, 5.41) is 0. The molecule has 0 radical (unpaired) electrons. The Kier molecular flexibility index (Phi) is 5.07. The van der Waals surface area contributed by atoms with Crippen molar-refractivity contribution in [3.63, 3.8) is 0 Å². The molecule has 6 heteroatoms. The SMILES string of the molecule is CCOC(=O)c1c(C)c(C(C)=O)c(COC(C)=O)n1C. The molecule has 1 rings (SSSR count). The van der Waals surface area contributed by atoms with Crippen LogP contribution < -0.4 is 0 Å². The van der Waals surface area contributed by atoms with E-state index in [1.165, 1.54) is 13.8 Å². The van der Waals surface area contributed by atoms with Crippen molar-refractivity contribution in [1.82, 2.24) is 4.57 Å². The molecule has 1 heterocycles. The smallest absolute Gasteiger partial charge is 0.355 e. The third-order valence-corrected chi connectivity index (χ3v) is 2.99. The Morgan fingerprint density at radius 1 is 1.15 bits per heavy atom. The maximum absolute atomic E-state index is 12.0. The van der Waals surface area contributed by atoms with Crippen LogP contribution in [0.5, 0.6) is 0 Å². The zero-order valence-electron chi connectivity index (χ0n) is 12.4. The summed E-state index contributed by atoms with van der Waals surface area (Å²) in [6.07, 6.45) is 0. The lowest BCUT2D eigenvalue weighted by molar-refractivity contribution is -0.142. The van der Waals surface area contributed by atoms with Gasteiger partial charge in [0.05, 0.1) is 12.3 Å². The average molecular weight is 281 g/mol. The van der Waals surface area contributed by atoms with Gasteiger partial charge in [-0.2, -0.15) is 0 Å². The van der Waals surface area contributed by atoms with E-state index in [1.807, 2.05) is 0 Å². The van der Waals surface area contributed by atoms with Crippen LogP contribution in [0.1, 0.15) is 52.9 Å². The number of aromatic nitrogens is 1. The first-order valence-corrected chi connectivity index (χ1v) is 6.30. The lowest BCUT2D eigenvalue weighted by Gasteiger charge is -2.08. The summed E-state index contributed by atoms with van der Waals surface area (Å²) in [5.41, 5.74) is 1.74. The number of nitrogens with zero attached hydrogens (tertiary/aromatic N) is 1. The third-order valence-electron chi connectivity index (χ3n) is 2.99. The van der Waals surface area contributed by atoms with E-state index in [4.69, 9.17) is 9.47 Å². The van der Waals surface area contributed by atoms with Crippen LogP contribution in [0.2, 0.25) is 0 Å². The summed E-state index contributed by atoms with van der Waals surface area (Å²) in [6, 6.07) is 0. The van der Waals surface area contributed by atoms with Gasteiger partial charge in [0.2, 0.25) is 0 Å². The second-order valence-corrected chi connectivity index (χ2v) is 4.41. The van der Waals surface area contributed by atoms with Gasteiger partial charge in [-0.05, 0) is 26.3 Å². The minimum absolute atomic E-state index is 0.0546. The molecule has 0 bridgehead atoms. The van der Waals surface area contributed by atoms with Crippen LogP contribution in [-0.2, 0) is 27.9 Å². The van der Waals surface area contributed by atoms with Gasteiger partial charge in [-0.1, -0.05) is 0 Å². The maximum Gasteiger partial charge on any atom is 0.355 e. The van der Waals surface area contributed by atoms with Crippen LogP contribution >= 0.6 is 0 Å². The van der Waals surface area contributed by atoms with Gasteiger partial charge in [0.15, 0.2) is 5.78 Å². The van der Waals surface area contributed by atoms with Gasteiger partial charge in [0.25, 0.3) is 0 Å². The van der Waals surface area contributed by atoms with E-state index in [-0.39, 0.29) is 19.0 Å². The van der Waals surface area contributed by atoms with E-state index in [0.29, 0.717) is 22.5 Å². The molecule has 0 aliphatic rings. The number of carbonyl (C=O) groups is 3. The number of rotatable bonds is 5. The van der Waals surface area contributed by atoms with Crippen molar-refractivity contribution >= 4 is 17.7 Å². The predicted molar refractivity (Wildman–Crippen MR) is 71.6 cm³/mol. The summed E-state index contributed by atoms with van der Waals surface area (Å²) in [7, 11) is 1.64. The molecule has 0 fully saturated rings. The summed E-state index contributed by atoms with van der Waals surface area (Å²) in [5.74, 6) is -1.13. The highest BCUT2D eigenvalue weighted by atomic mass is 16.5. The Morgan fingerprint density at radius 3 is 2.20 bits per heavy atom. The molecule has 0 unspecified atom stereocenters. The number of carbonyl (C=O) groups excluding carboxylic acids is 3. The lowest BCUT2D eigenvalue weighted by Crippen LogP contribution is -2.13. The van der Waals surface area contributed by atoms with Crippen molar-refractivity contribution in [2.24, 2.45) is 7.05 Å². The number of esters is 2. The van der Waals surface area contributed by atoms with E-state index in [9.17, 15) is 14.4 Å². The standard InChI is InChI=1S/C14H19NO5/c1-6-19-14(18)13-8(2)12(9(3)16)11(15(13)5)7-20-10(4)17/h6-7H2,1-5H3. The molecule has 1 aromatic heterocycles. The molecule has 0 spiro atoms. The van der Waals surface area contributed by atoms with E-state index in [0.717, 1.165) is 0 Å². The van der Waals surface area contributed by atoms with E-state index < -0.39 is 11.9 Å². The van der Waals surface area contributed by atoms with Crippen molar-refractivity contribution in [1.29, 1.82) is 0 Å². The molecule has 20 heavy (non-hydrogen) atoms. The minimum Gasteiger partial charge on any atom is -0.461 e. The van der Waals surface area contributed by atoms with Crippen molar-refractivity contribution < 1.29 is 23.9 Å². The second-order valence-electron chi connectivity index (χ2n) is 4.41. The van der Waals surface area contributed by atoms with Crippen LogP contribution in [0, 0.1) is 6.92 Å². The Bertz CT molecular complexity index is 556. The molecule has 0 amide bonds. The summed E-state index contributed by atoms with van der Waals surface area (Å²) >= 11 is 0. The lowest BCUT2D eigenvalue weighted by atomic mass is 10.1. The van der Waals surface area contributed by atoms with Crippen molar-refractivity contribution in [2.75, 3.05) is 6.61 Å². The fourth-order valence-corrected chi connectivity index (χ4v) is 2.18. The Morgan fingerprint density at radius 2 is 1.75 bits per heavy atom. The predicted octanol–water partition coefficient (Wildman–Crippen LogP) is 1.78. The molecule has 0 aromatic carbocycles. The van der Waals surface area contributed by atoms with Crippen LogP contribution in [0.3, 0.4) is 0 Å². The van der Waals surface area contributed by atoms with Gasteiger partial charge >= 0.3 is 11.9 Å². The van der Waals surface area contributed by atoms with Gasteiger partial charge in [-0.15, -0.1) is 0 Å². The van der Waals surface area contributed by atoms with Crippen LogP contribution in [0.25, 0.3) is 0 Å². The third kappa shape index (κ3) is 3.07. The van der Waals surface area contributed by atoms with Crippen LogP contribution in [0.4, 0.5) is 0 Å². The molecule has 0 N–H and O–H groups in total. The largest absolute Gasteiger partial charge is 0.461 e. The molecule has 0 saturated heterocycles. The summed E-state index contributed by atoms with van der Waals surface area (Å²) < 4.78 is 11.5. The molecular formula is C14H19NO5. The highest BCUT2D eigenvalue weighted by molar-refractivity contribution is 6.01. The first kappa shape index (κ1) is 15.9. The topological polar surface area (TPSA) is 74.6 Å². The first-order chi connectivity index (χ1) is 9.31. The molecule has 0 aliphatic heterocycles. The van der Waals surface area contributed by atoms with Gasteiger partial charge in [0, 0.05) is 19.5 Å². The van der Waals surface area contributed by atoms with Crippen molar-refractivity contribution in [3.8, 4) is 0 Å². The Balaban J connectivity index is 3.34. The van der Waals surface area contributed by atoms with Gasteiger partial charge in [-0.25, -0.2) is 4.79 Å². The highest BCUT2D eigenvalue weighted by Gasteiger charge is 2.26. The number of ether oxygens (including phenoxy) is 2. The molecule has 1 aromatic rings. The molecule has 110 valence electrons. The molecule has 6 nitrogen and oxygen atoms in total. The summed E-state index contributed by atoms with van der Waals surface area (Å²) in [4.78, 5) is 34.7. The quantitative estimate of drug-likeness (QED) is 0.607. The van der Waals surface area contributed by atoms with Crippen LogP contribution in [-0.4, -0.2) is 28.9 Å². The van der Waals surface area contributed by atoms with Gasteiger partial charge in [-0.3, -0.25) is 9.59 Å². The zero-order valence-corrected chi connectivity index (χ0v) is 12.4. The number of Topliss-reactive ketones (excluding diaryl/α,β-unsaturated/α-hetero) is 1. The highest BCUT2D eigenvalue weighted by Crippen LogP contribution is 2.24. The maximum atomic E-state index is 12.0. The average Bonchev–Trinajstić information content (AvgIpc) is 2.58. The Labute approximate surface area is 117 Å². The van der Waals surface area contributed by atoms with Crippen LogP contribution in [0.15, 0.2) is 0 Å². The van der Waals surface area contributed by atoms with Gasteiger partial charge in [0.1, 0.15) is 12.3 Å². The van der Waals surface area contributed by atoms with E-state index in [1.54, 1.807) is 25.5 Å². The number of ketones is 1. The van der Waals surface area contributed by atoms with E-state index >= 15 is 0 Å². The van der Waals surface area contributed by atoms with Crippen molar-refractivity contribution in [3.05, 3.63) is 22.5 Å². The molecule has 0 saturated carbocycles. The molecule has 0 atom stereocenters. The minimum atomic E-state index is -0.496. The number of hydrogen-bond acceptors (Lipinski definition) is 5. The first-order valence-electron chi connectivity index (χ1n) is 6.30. The Hall–Kier alpha value is -2.11. The van der Waals surface area contributed by atoms with Crippen molar-refractivity contribution in [2.45, 2.75) is 34.3 Å². The van der Waals surface area contributed by atoms with Gasteiger partial charge < -0.3 is 14.0 Å². The number of hydrogen-bond donors (Lipinski definition) is 0. The van der Waals surface area contributed by atoms with E-state index in [2.05, 4.69) is 0 Å². The second kappa shape index (κ2) is 6.36. The monoisotopic (exact) mass is 281 g/mol. The summed E-state index contributed by atoms with van der Waals surface area (Å²) in [6.45, 7) is 6.28.